The van der Waals surface area contributed by atoms with Gasteiger partial charge >= 0.3 is 0 Å². The summed E-state index contributed by atoms with van der Waals surface area (Å²) in [5.41, 5.74) is 0. The van der Waals surface area contributed by atoms with Crippen molar-refractivity contribution in [1.82, 2.24) is 0 Å². The third-order valence-electron chi connectivity index (χ3n) is 1.18. The van der Waals surface area contributed by atoms with Crippen LogP contribution in [0.5, 0.6) is 11.5 Å². The van der Waals surface area contributed by atoms with Gasteiger partial charge in [0.05, 0.1) is 6.10 Å². The van der Waals surface area contributed by atoms with Crippen molar-refractivity contribution < 1.29 is 9.84 Å². The van der Waals surface area contributed by atoms with Crippen LogP contribution in [0.2, 0.25) is 0 Å². The molecule has 59 valence electrons. The van der Waals surface area contributed by atoms with Crippen LogP contribution >= 0.6 is 0 Å². The number of ether oxygens (including phenoxy) is 1. The highest BCUT2D eigenvalue weighted by atomic mass is 16.5. The van der Waals surface area contributed by atoms with E-state index >= 15 is 0 Å². The fourth-order valence-corrected chi connectivity index (χ4v) is 0.820. The highest BCUT2D eigenvalue weighted by Gasteiger charge is 1.97. The highest BCUT2D eigenvalue weighted by Crippen LogP contribution is 2.18. The van der Waals surface area contributed by atoms with Gasteiger partial charge in [0, 0.05) is 6.07 Å². The Bertz CT molecular complexity index is 231. The number of hydrogen-bond donors (Lipinski definition) is 0. The molecule has 0 saturated heterocycles. The molecular formula is C9H11O2. The van der Waals surface area contributed by atoms with E-state index in [2.05, 4.69) is 0 Å². The third kappa shape index (κ3) is 2.50. The second kappa shape index (κ2) is 3.28. The first-order valence-electron chi connectivity index (χ1n) is 3.62. The maximum absolute atomic E-state index is 10.8. The largest absolute Gasteiger partial charge is 0.491 e. The van der Waals surface area contributed by atoms with Gasteiger partial charge < -0.3 is 4.74 Å². The Morgan fingerprint density at radius 1 is 1.36 bits per heavy atom. The molecule has 0 amide bonds. The minimum absolute atomic E-state index is 0.0110. The van der Waals surface area contributed by atoms with Crippen LogP contribution in [0, 0.1) is 0 Å². The van der Waals surface area contributed by atoms with Crippen molar-refractivity contribution in [2.45, 2.75) is 20.0 Å². The molecule has 1 rings (SSSR count). The van der Waals surface area contributed by atoms with Gasteiger partial charge in [-0.05, 0) is 26.0 Å². The van der Waals surface area contributed by atoms with Crippen LogP contribution in [0.4, 0.5) is 0 Å². The maximum Gasteiger partial charge on any atom is 0.182 e. The molecule has 1 aromatic rings. The van der Waals surface area contributed by atoms with E-state index < -0.39 is 0 Å². The zero-order chi connectivity index (χ0) is 8.27. The SMILES string of the molecule is CC(C)Oc1cccc([O])c1. The number of rotatable bonds is 2. The summed E-state index contributed by atoms with van der Waals surface area (Å²) in [5.74, 6) is 0.635. The third-order valence-corrected chi connectivity index (χ3v) is 1.18. The molecule has 0 fully saturated rings. The average molecular weight is 151 g/mol. The average Bonchev–Trinajstić information content (AvgIpc) is 1.85. The molecule has 1 aromatic carbocycles. The number of benzene rings is 1. The molecule has 0 bridgehead atoms. The van der Waals surface area contributed by atoms with Crippen LogP contribution in [0.3, 0.4) is 0 Å². The van der Waals surface area contributed by atoms with Crippen molar-refractivity contribution in [3.05, 3.63) is 24.3 Å². The molecule has 0 spiro atoms. The predicted octanol–water partition coefficient (Wildman–Crippen LogP) is 2.62. The lowest BCUT2D eigenvalue weighted by Crippen LogP contribution is -2.04. The van der Waals surface area contributed by atoms with Crippen LogP contribution in [-0.2, 0) is 5.11 Å². The van der Waals surface area contributed by atoms with E-state index in [9.17, 15) is 5.11 Å². The van der Waals surface area contributed by atoms with E-state index in [1.807, 2.05) is 13.8 Å². The lowest BCUT2D eigenvalue weighted by molar-refractivity contribution is 0.240. The molecule has 0 heterocycles. The van der Waals surface area contributed by atoms with Crippen molar-refractivity contribution in [1.29, 1.82) is 0 Å². The van der Waals surface area contributed by atoms with Gasteiger partial charge in [-0.2, -0.15) is 0 Å². The van der Waals surface area contributed by atoms with Crippen LogP contribution in [0.25, 0.3) is 0 Å². The van der Waals surface area contributed by atoms with Gasteiger partial charge in [0.15, 0.2) is 5.75 Å². The van der Waals surface area contributed by atoms with E-state index in [-0.39, 0.29) is 11.9 Å². The standard InChI is InChI=1S/C9H11O2/c1-7(2)11-9-5-3-4-8(10)6-9/h3-7H,1-2H3. The van der Waals surface area contributed by atoms with Crippen molar-refractivity contribution in [2.75, 3.05) is 0 Å². The van der Waals surface area contributed by atoms with Gasteiger partial charge in [0.25, 0.3) is 0 Å². The quantitative estimate of drug-likeness (QED) is 0.638. The van der Waals surface area contributed by atoms with Crippen molar-refractivity contribution in [3.63, 3.8) is 0 Å². The Hall–Kier alpha value is -1.18. The zero-order valence-corrected chi connectivity index (χ0v) is 6.70. The zero-order valence-electron chi connectivity index (χ0n) is 6.70. The van der Waals surface area contributed by atoms with E-state index in [1.165, 1.54) is 12.1 Å². The lowest BCUT2D eigenvalue weighted by Gasteiger charge is -2.08. The molecule has 1 radical (unpaired) electrons. The van der Waals surface area contributed by atoms with Gasteiger partial charge in [0.2, 0.25) is 0 Å². The van der Waals surface area contributed by atoms with Gasteiger partial charge in [-0.3, -0.25) is 5.11 Å². The Labute approximate surface area is 66.4 Å². The van der Waals surface area contributed by atoms with Gasteiger partial charge in [-0.1, -0.05) is 6.07 Å². The van der Waals surface area contributed by atoms with E-state index in [0.29, 0.717) is 5.75 Å². The van der Waals surface area contributed by atoms with Crippen LogP contribution in [0.15, 0.2) is 24.3 Å². The second-order valence-electron chi connectivity index (χ2n) is 2.64. The molecular weight excluding hydrogens is 140 g/mol. The Kier molecular flexibility index (Phi) is 2.36. The minimum Gasteiger partial charge on any atom is -0.491 e. The molecule has 0 unspecified atom stereocenters. The predicted molar refractivity (Wildman–Crippen MR) is 42.3 cm³/mol. The molecule has 11 heavy (non-hydrogen) atoms. The fraction of sp³-hybridized carbons (Fsp3) is 0.333. The van der Waals surface area contributed by atoms with E-state index in [4.69, 9.17) is 4.74 Å². The Morgan fingerprint density at radius 3 is 2.64 bits per heavy atom. The first-order valence-corrected chi connectivity index (χ1v) is 3.62. The molecule has 0 aromatic heterocycles. The summed E-state index contributed by atoms with van der Waals surface area (Å²) >= 11 is 0. The fourth-order valence-electron chi connectivity index (χ4n) is 0.820. The normalized spacial score (nSPS) is 10.1. The summed E-state index contributed by atoms with van der Waals surface area (Å²) in [6.45, 7) is 3.86. The van der Waals surface area contributed by atoms with Crippen molar-refractivity contribution in [2.24, 2.45) is 0 Å². The molecule has 0 aliphatic heterocycles. The van der Waals surface area contributed by atoms with Gasteiger partial charge in [-0.15, -0.1) is 0 Å². The monoisotopic (exact) mass is 151 g/mol. The first kappa shape index (κ1) is 7.92. The summed E-state index contributed by atoms with van der Waals surface area (Å²) in [6, 6.07) is 6.47. The molecule has 0 saturated carbocycles. The summed E-state index contributed by atoms with van der Waals surface area (Å²) in [6.07, 6.45) is 0.122. The first-order chi connectivity index (χ1) is 5.18. The summed E-state index contributed by atoms with van der Waals surface area (Å²) in [5, 5.41) is 10.8. The van der Waals surface area contributed by atoms with Crippen molar-refractivity contribution >= 4 is 0 Å². The number of hydrogen-bond acceptors (Lipinski definition) is 1. The molecule has 2 heteroatoms. The molecule has 2 nitrogen and oxygen atoms in total. The van der Waals surface area contributed by atoms with Crippen LogP contribution in [0.1, 0.15) is 13.8 Å². The molecule has 0 atom stereocenters. The minimum atomic E-state index is -0.0110. The maximum atomic E-state index is 10.8. The van der Waals surface area contributed by atoms with Crippen LogP contribution in [-0.4, -0.2) is 6.10 Å². The van der Waals surface area contributed by atoms with Gasteiger partial charge in [0.1, 0.15) is 5.75 Å². The molecule has 0 N–H and O–H groups in total. The molecule has 0 aliphatic rings. The topological polar surface area (TPSA) is 29.1 Å². The highest BCUT2D eigenvalue weighted by molar-refractivity contribution is 5.31. The van der Waals surface area contributed by atoms with E-state index in [1.54, 1.807) is 12.1 Å². The molecule has 0 aliphatic carbocycles. The van der Waals surface area contributed by atoms with Crippen molar-refractivity contribution in [3.8, 4) is 11.5 Å². The van der Waals surface area contributed by atoms with Crippen LogP contribution < -0.4 is 4.74 Å². The summed E-state index contributed by atoms with van der Waals surface area (Å²) in [7, 11) is 0. The Morgan fingerprint density at radius 2 is 2.09 bits per heavy atom. The second-order valence-corrected chi connectivity index (χ2v) is 2.64. The van der Waals surface area contributed by atoms with E-state index in [0.717, 1.165) is 0 Å². The summed E-state index contributed by atoms with van der Waals surface area (Å²) in [4.78, 5) is 0. The lowest BCUT2D eigenvalue weighted by atomic mass is 10.3. The summed E-state index contributed by atoms with van der Waals surface area (Å²) < 4.78 is 5.30. The van der Waals surface area contributed by atoms with Gasteiger partial charge in [-0.25, -0.2) is 0 Å². The smallest absolute Gasteiger partial charge is 0.182 e. The Balaban J connectivity index is 2.71.